The lowest BCUT2D eigenvalue weighted by atomic mass is 10.1. The van der Waals surface area contributed by atoms with Gasteiger partial charge in [-0.2, -0.15) is 0 Å². The summed E-state index contributed by atoms with van der Waals surface area (Å²) in [6, 6.07) is 14.1. The van der Waals surface area contributed by atoms with Crippen LogP contribution in [0, 0.1) is 0 Å². The van der Waals surface area contributed by atoms with Crippen LogP contribution < -0.4 is 5.32 Å². The second kappa shape index (κ2) is 10.0. The van der Waals surface area contributed by atoms with Crippen LogP contribution >= 0.6 is 0 Å². The third-order valence-electron chi connectivity index (χ3n) is 4.75. The van der Waals surface area contributed by atoms with E-state index in [0.717, 1.165) is 51.5 Å². The fourth-order valence-corrected chi connectivity index (χ4v) is 3.23. The first-order valence-corrected chi connectivity index (χ1v) is 9.50. The minimum absolute atomic E-state index is 0.0803. The highest BCUT2D eigenvalue weighted by atomic mass is 16.5. The molecule has 1 N–H and O–H groups in total. The summed E-state index contributed by atoms with van der Waals surface area (Å²) in [6.45, 7) is 5.72. The number of pyridine rings is 1. The molecule has 2 heterocycles. The number of piperazine rings is 1. The number of rotatable bonds is 8. The van der Waals surface area contributed by atoms with Gasteiger partial charge in [-0.3, -0.25) is 9.69 Å². The van der Waals surface area contributed by atoms with Gasteiger partial charge in [0, 0.05) is 64.7 Å². The number of amides is 1. The van der Waals surface area contributed by atoms with Gasteiger partial charge in [0.05, 0.1) is 0 Å². The van der Waals surface area contributed by atoms with E-state index < -0.39 is 0 Å². The van der Waals surface area contributed by atoms with E-state index in [9.17, 15) is 4.79 Å². The summed E-state index contributed by atoms with van der Waals surface area (Å²) in [7, 11) is 1.69. The molecular weight excluding hydrogens is 340 g/mol. The Bertz CT molecular complexity index is 715. The summed E-state index contributed by atoms with van der Waals surface area (Å²) in [5.41, 5.74) is 2.01. The first kappa shape index (κ1) is 19.3. The number of nitrogens with one attached hydrogen (secondary N) is 1. The molecule has 3 rings (SSSR count). The molecule has 0 aliphatic carbocycles. The van der Waals surface area contributed by atoms with Crippen LogP contribution in [0.4, 0.5) is 5.82 Å². The number of carbonyl (C=O) groups excluding carboxylic acids is 1. The number of hydrogen-bond donors (Lipinski definition) is 1. The molecule has 0 atom stereocenters. The maximum atomic E-state index is 12.8. The predicted molar refractivity (Wildman–Crippen MR) is 107 cm³/mol. The third-order valence-corrected chi connectivity index (χ3v) is 4.75. The zero-order chi connectivity index (χ0) is 18.9. The standard InChI is InChI=1S/C21H28N4O2/c1-27-15-5-9-22-20-16-19(8-10-23-20)21(26)25-13-11-24(12-14-25)17-18-6-3-2-4-7-18/h2-4,6-8,10,16H,5,9,11-15,17H2,1H3,(H,22,23). The molecule has 0 unspecified atom stereocenters. The largest absolute Gasteiger partial charge is 0.385 e. The van der Waals surface area contributed by atoms with E-state index in [4.69, 9.17) is 4.74 Å². The van der Waals surface area contributed by atoms with Crippen LogP contribution in [0.5, 0.6) is 0 Å². The number of anilines is 1. The van der Waals surface area contributed by atoms with Crippen molar-refractivity contribution < 1.29 is 9.53 Å². The third kappa shape index (κ3) is 5.77. The second-order valence-electron chi connectivity index (χ2n) is 6.76. The Morgan fingerprint density at radius 3 is 2.67 bits per heavy atom. The molecule has 1 saturated heterocycles. The SMILES string of the molecule is COCCCNc1cc(C(=O)N2CCN(Cc3ccccc3)CC2)ccn1. The molecule has 0 bridgehead atoms. The van der Waals surface area contributed by atoms with Gasteiger partial charge in [0.15, 0.2) is 0 Å². The van der Waals surface area contributed by atoms with Crippen molar-refractivity contribution in [3.8, 4) is 0 Å². The van der Waals surface area contributed by atoms with Crippen molar-refractivity contribution in [1.82, 2.24) is 14.8 Å². The molecule has 1 aromatic carbocycles. The maximum absolute atomic E-state index is 12.8. The summed E-state index contributed by atoms with van der Waals surface area (Å²) >= 11 is 0. The molecular formula is C21H28N4O2. The molecule has 144 valence electrons. The second-order valence-corrected chi connectivity index (χ2v) is 6.76. The van der Waals surface area contributed by atoms with Gasteiger partial charge >= 0.3 is 0 Å². The van der Waals surface area contributed by atoms with Crippen LogP contribution in [-0.4, -0.2) is 67.1 Å². The zero-order valence-corrected chi connectivity index (χ0v) is 15.9. The topological polar surface area (TPSA) is 57.7 Å². The van der Waals surface area contributed by atoms with E-state index in [1.807, 2.05) is 17.0 Å². The van der Waals surface area contributed by atoms with Gasteiger partial charge < -0.3 is 15.0 Å². The molecule has 6 heteroatoms. The number of methoxy groups -OCH3 is 1. The summed E-state index contributed by atoms with van der Waals surface area (Å²) in [5, 5.41) is 3.24. The number of nitrogens with zero attached hydrogens (tertiary/aromatic N) is 3. The average Bonchev–Trinajstić information content (AvgIpc) is 2.72. The van der Waals surface area contributed by atoms with E-state index in [1.165, 1.54) is 5.56 Å². The van der Waals surface area contributed by atoms with Crippen LogP contribution in [0.1, 0.15) is 22.3 Å². The van der Waals surface area contributed by atoms with E-state index in [-0.39, 0.29) is 5.91 Å². The van der Waals surface area contributed by atoms with Crippen LogP contribution in [0.2, 0.25) is 0 Å². The molecule has 2 aromatic rings. The number of carbonyl (C=O) groups is 1. The van der Waals surface area contributed by atoms with Crippen molar-refractivity contribution in [2.24, 2.45) is 0 Å². The highest BCUT2D eigenvalue weighted by Gasteiger charge is 2.22. The van der Waals surface area contributed by atoms with Crippen molar-refractivity contribution >= 4 is 11.7 Å². The minimum atomic E-state index is 0.0803. The van der Waals surface area contributed by atoms with E-state index in [1.54, 1.807) is 19.4 Å². The van der Waals surface area contributed by atoms with Crippen molar-refractivity contribution in [1.29, 1.82) is 0 Å². The lowest BCUT2D eigenvalue weighted by molar-refractivity contribution is 0.0628. The quantitative estimate of drug-likeness (QED) is 0.726. The molecule has 0 radical (unpaired) electrons. The Balaban J connectivity index is 1.50. The Morgan fingerprint density at radius 1 is 1.15 bits per heavy atom. The minimum Gasteiger partial charge on any atom is -0.385 e. The molecule has 27 heavy (non-hydrogen) atoms. The number of hydrogen-bond acceptors (Lipinski definition) is 5. The first-order chi connectivity index (χ1) is 13.3. The highest BCUT2D eigenvalue weighted by Crippen LogP contribution is 2.13. The van der Waals surface area contributed by atoms with E-state index >= 15 is 0 Å². The Labute approximate surface area is 161 Å². The van der Waals surface area contributed by atoms with Crippen LogP contribution in [0.25, 0.3) is 0 Å². The average molecular weight is 368 g/mol. The predicted octanol–water partition coefficient (Wildman–Crippen LogP) is 2.49. The smallest absolute Gasteiger partial charge is 0.254 e. The Hall–Kier alpha value is -2.44. The van der Waals surface area contributed by atoms with Gasteiger partial charge in [0.1, 0.15) is 5.82 Å². The van der Waals surface area contributed by atoms with Crippen molar-refractivity contribution in [3.05, 3.63) is 59.8 Å². The summed E-state index contributed by atoms with van der Waals surface area (Å²) in [5.74, 6) is 0.816. The maximum Gasteiger partial charge on any atom is 0.254 e. The van der Waals surface area contributed by atoms with Gasteiger partial charge in [0.25, 0.3) is 5.91 Å². The summed E-state index contributed by atoms with van der Waals surface area (Å²) < 4.78 is 5.04. The van der Waals surface area contributed by atoms with Gasteiger partial charge in [-0.25, -0.2) is 4.98 Å². The molecule has 1 amide bonds. The Morgan fingerprint density at radius 2 is 1.93 bits per heavy atom. The molecule has 1 fully saturated rings. The molecule has 6 nitrogen and oxygen atoms in total. The van der Waals surface area contributed by atoms with Gasteiger partial charge in [0.2, 0.25) is 0 Å². The fourth-order valence-electron chi connectivity index (χ4n) is 3.23. The summed E-state index contributed by atoms with van der Waals surface area (Å²) in [4.78, 5) is 21.5. The van der Waals surface area contributed by atoms with Gasteiger partial charge in [-0.15, -0.1) is 0 Å². The lowest BCUT2D eigenvalue weighted by Gasteiger charge is -2.34. The van der Waals surface area contributed by atoms with Crippen molar-refractivity contribution in [2.75, 3.05) is 51.8 Å². The molecule has 1 aromatic heterocycles. The van der Waals surface area contributed by atoms with Crippen LogP contribution in [0.3, 0.4) is 0 Å². The normalized spacial score (nSPS) is 14.9. The van der Waals surface area contributed by atoms with Gasteiger partial charge in [-0.1, -0.05) is 30.3 Å². The number of ether oxygens (including phenoxy) is 1. The van der Waals surface area contributed by atoms with Gasteiger partial charge in [-0.05, 0) is 24.1 Å². The van der Waals surface area contributed by atoms with Crippen molar-refractivity contribution in [3.63, 3.8) is 0 Å². The molecule has 0 saturated carbocycles. The van der Waals surface area contributed by atoms with Crippen LogP contribution in [-0.2, 0) is 11.3 Å². The van der Waals surface area contributed by atoms with Crippen LogP contribution in [0.15, 0.2) is 48.7 Å². The molecule has 1 aliphatic rings. The summed E-state index contributed by atoms with van der Waals surface area (Å²) in [6.07, 6.45) is 2.59. The molecule has 1 aliphatic heterocycles. The highest BCUT2D eigenvalue weighted by molar-refractivity contribution is 5.94. The first-order valence-electron chi connectivity index (χ1n) is 9.50. The lowest BCUT2D eigenvalue weighted by Crippen LogP contribution is -2.48. The fraction of sp³-hybridized carbons (Fsp3) is 0.429. The van der Waals surface area contributed by atoms with E-state index in [0.29, 0.717) is 12.2 Å². The van der Waals surface area contributed by atoms with Crippen molar-refractivity contribution in [2.45, 2.75) is 13.0 Å². The Kier molecular flexibility index (Phi) is 7.19. The number of aromatic nitrogens is 1. The monoisotopic (exact) mass is 368 g/mol. The zero-order valence-electron chi connectivity index (χ0n) is 15.9. The van der Waals surface area contributed by atoms with E-state index in [2.05, 4.69) is 39.5 Å². The number of benzene rings is 1. The molecule has 0 spiro atoms.